The molecule has 0 atom stereocenters. The van der Waals surface area contributed by atoms with Crippen molar-refractivity contribution in [2.75, 3.05) is 10.6 Å². The predicted octanol–water partition coefficient (Wildman–Crippen LogP) is 5.59. The number of pyridine rings is 2. The average Bonchev–Trinajstić information content (AvgIpc) is 3.38. The van der Waals surface area contributed by atoms with Crippen LogP contribution in [0.2, 0.25) is 0 Å². The third-order valence-electron chi connectivity index (χ3n) is 5.33. The molecule has 3 N–H and O–H groups in total. The first-order chi connectivity index (χ1) is 16.0. The van der Waals surface area contributed by atoms with Crippen LogP contribution in [0.3, 0.4) is 0 Å². The van der Waals surface area contributed by atoms with Gasteiger partial charge >= 0.3 is 0 Å². The van der Waals surface area contributed by atoms with E-state index in [1.807, 2.05) is 60.8 Å². The molecule has 4 aromatic heterocycles. The van der Waals surface area contributed by atoms with E-state index in [4.69, 9.17) is 0 Å². The second kappa shape index (κ2) is 8.40. The fourth-order valence-corrected chi connectivity index (χ4v) is 4.64. The number of aromatic amines is 1. The Morgan fingerprint density at radius 1 is 1.12 bits per heavy atom. The number of nitrogens with zero attached hydrogens (tertiary/aromatic N) is 3. The summed E-state index contributed by atoms with van der Waals surface area (Å²) in [7, 11) is 0. The number of hydrogen-bond acceptors (Lipinski definition) is 6. The van der Waals surface area contributed by atoms with Crippen molar-refractivity contribution in [2.24, 2.45) is 0 Å². The number of anilines is 3. The van der Waals surface area contributed by atoms with Crippen molar-refractivity contribution in [3.63, 3.8) is 0 Å². The van der Waals surface area contributed by atoms with Gasteiger partial charge in [-0.3, -0.25) is 14.2 Å². The van der Waals surface area contributed by atoms with Gasteiger partial charge in [0.25, 0.3) is 0 Å². The van der Waals surface area contributed by atoms with Crippen molar-refractivity contribution in [1.29, 1.82) is 0 Å². The van der Waals surface area contributed by atoms with Crippen molar-refractivity contribution in [2.45, 2.75) is 13.8 Å². The highest BCUT2D eigenvalue weighted by molar-refractivity contribution is 7.18. The van der Waals surface area contributed by atoms with Crippen LogP contribution in [0.25, 0.3) is 21.9 Å². The van der Waals surface area contributed by atoms with E-state index in [1.54, 1.807) is 35.9 Å². The first kappa shape index (κ1) is 20.7. The molecule has 0 saturated carbocycles. The third kappa shape index (κ3) is 4.16. The summed E-state index contributed by atoms with van der Waals surface area (Å²) >= 11 is 1.55. The number of benzene rings is 1. The van der Waals surface area contributed by atoms with Crippen molar-refractivity contribution >= 4 is 39.2 Å². The van der Waals surface area contributed by atoms with Crippen LogP contribution in [0.1, 0.15) is 17.0 Å². The van der Waals surface area contributed by atoms with Gasteiger partial charge in [0, 0.05) is 47.8 Å². The maximum Gasteiger partial charge on any atom is 0.187 e. The molecule has 0 bridgehead atoms. The minimum atomic E-state index is -0.0240. The van der Waals surface area contributed by atoms with Gasteiger partial charge < -0.3 is 15.6 Å². The molecule has 0 fully saturated rings. The predicted molar refractivity (Wildman–Crippen MR) is 135 cm³/mol. The van der Waals surface area contributed by atoms with Gasteiger partial charge in [0.15, 0.2) is 10.6 Å². The number of thiazole rings is 1. The van der Waals surface area contributed by atoms with Gasteiger partial charge in [0.2, 0.25) is 0 Å². The lowest BCUT2D eigenvalue weighted by Gasteiger charge is -2.12. The fourth-order valence-electron chi connectivity index (χ4n) is 3.71. The van der Waals surface area contributed by atoms with Crippen molar-refractivity contribution in [1.82, 2.24) is 19.4 Å². The van der Waals surface area contributed by atoms with Gasteiger partial charge in [-0.1, -0.05) is 30.0 Å². The lowest BCUT2D eigenvalue weighted by molar-refractivity contribution is 1.18. The largest absolute Gasteiger partial charge is 0.354 e. The number of rotatable bonds is 6. The second-order valence-electron chi connectivity index (χ2n) is 7.69. The highest BCUT2D eigenvalue weighted by atomic mass is 32.1. The zero-order valence-corrected chi connectivity index (χ0v) is 19.0. The Balaban J connectivity index is 1.37. The van der Waals surface area contributed by atoms with Crippen molar-refractivity contribution in [3.8, 4) is 10.6 Å². The molecule has 33 heavy (non-hydrogen) atoms. The molecular weight excluding hydrogens is 432 g/mol. The molecule has 0 radical (unpaired) electrons. The molecule has 0 aliphatic heterocycles. The van der Waals surface area contributed by atoms with E-state index < -0.39 is 0 Å². The SMILES string of the molecule is C=C(Nc1cccnc1C)c1cccc(Nc2ncc(-c3c(C)[nH]c4cc(=O)ccn34)s2)c1. The number of aryl methyl sites for hydroxylation is 2. The molecule has 8 heteroatoms. The van der Waals surface area contributed by atoms with Crippen LogP contribution in [0.4, 0.5) is 16.5 Å². The Morgan fingerprint density at radius 2 is 2.00 bits per heavy atom. The van der Waals surface area contributed by atoms with E-state index in [1.165, 1.54) is 0 Å². The number of H-pyrrole nitrogens is 1. The Labute approximate surface area is 194 Å². The zero-order chi connectivity index (χ0) is 22.9. The molecule has 4 heterocycles. The fraction of sp³-hybridized carbons (Fsp3) is 0.0800. The van der Waals surface area contributed by atoms with Crippen LogP contribution in [-0.2, 0) is 0 Å². The van der Waals surface area contributed by atoms with Crippen LogP contribution in [-0.4, -0.2) is 19.4 Å². The van der Waals surface area contributed by atoms with Crippen LogP contribution in [0.5, 0.6) is 0 Å². The summed E-state index contributed by atoms with van der Waals surface area (Å²) in [6.45, 7) is 8.14. The Bertz CT molecular complexity index is 1540. The number of imidazole rings is 1. The molecule has 0 amide bonds. The minimum absolute atomic E-state index is 0.0240. The summed E-state index contributed by atoms with van der Waals surface area (Å²) in [6, 6.07) is 15.0. The van der Waals surface area contributed by atoms with E-state index in [9.17, 15) is 4.79 Å². The Morgan fingerprint density at radius 3 is 2.85 bits per heavy atom. The van der Waals surface area contributed by atoms with Gasteiger partial charge in [-0.15, -0.1) is 0 Å². The molecule has 7 nitrogen and oxygen atoms in total. The normalized spacial score (nSPS) is 11.0. The smallest absolute Gasteiger partial charge is 0.187 e. The summed E-state index contributed by atoms with van der Waals surface area (Å²) in [5.74, 6) is 0. The standard InChI is InChI=1S/C25H22N6OS/c1-15(28-21-8-5-10-26-16(21)2)18-6-4-7-19(12-18)30-25-27-14-22(33-25)24-17(3)29-23-13-20(32)9-11-31(23)24/h4-14,28-29H,1H2,2-3H3,(H,27,30). The van der Waals surface area contributed by atoms with Crippen LogP contribution < -0.4 is 16.1 Å². The molecule has 0 unspecified atom stereocenters. The van der Waals surface area contributed by atoms with Crippen LogP contribution in [0, 0.1) is 13.8 Å². The van der Waals surface area contributed by atoms with Crippen LogP contribution >= 0.6 is 11.3 Å². The Hall–Kier alpha value is -4.17. The van der Waals surface area contributed by atoms with Gasteiger partial charge in [-0.25, -0.2) is 4.98 Å². The first-order valence-electron chi connectivity index (χ1n) is 10.4. The molecule has 0 aliphatic carbocycles. The zero-order valence-electron chi connectivity index (χ0n) is 18.2. The minimum Gasteiger partial charge on any atom is -0.354 e. The van der Waals surface area contributed by atoms with E-state index in [0.717, 1.165) is 55.4 Å². The van der Waals surface area contributed by atoms with Gasteiger partial charge in [0.1, 0.15) is 5.65 Å². The summed E-state index contributed by atoms with van der Waals surface area (Å²) in [5, 5.41) is 7.51. The summed E-state index contributed by atoms with van der Waals surface area (Å²) < 4.78 is 1.98. The number of aromatic nitrogens is 4. The summed E-state index contributed by atoms with van der Waals surface area (Å²) in [5.41, 5.74) is 7.23. The summed E-state index contributed by atoms with van der Waals surface area (Å²) in [6.07, 6.45) is 5.40. The summed E-state index contributed by atoms with van der Waals surface area (Å²) in [4.78, 5) is 24.8. The molecule has 0 spiro atoms. The maximum atomic E-state index is 11.7. The average molecular weight is 455 g/mol. The highest BCUT2D eigenvalue weighted by Crippen LogP contribution is 2.33. The molecule has 5 aromatic rings. The molecule has 0 aliphatic rings. The molecular formula is C25H22N6OS. The molecule has 0 saturated heterocycles. The van der Waals surface area contributed by atoms with Crippen molar-refractivity contribution < 1.29 is 0 Å². The quantitative estimate of drug-likeness (QED) is 0.311. The number of nitrogens with one attached hydrogen (secondary N) is 3. The topological polar surface area (TPSA) is 87.1 Å². The van der Waals surface area contributed by atoms with Gasteiger partial charge in [0.05, 0.1) is 22.0 Å². The third-order valence-corrected chi connectivity index (χ3v) is 6.25. The molecule has 1 aromatic carbocycles. The van der Waals surface area contributed by atoms with Gasteiger partial charge in [-0.2, -0.15) is 0 Å². The maximum absolute atomic E-state index is 11.7. The molecule has 164 valence electrons. The van der Waals surface area contributed by atoms with E-state index in [-0.39, 0.29) is 5.43 Å². The Kier molecular flexibility index (Phi) is 5.27. The second-order valence-corrected chi connectivity index (χ2v) is 8.72. The van der Waals surface area contributed by atoms with Crippen molar-refractivity contribution in [3.05, 3.63) is 101 Å². The molecule has 5 rings (SSSR count). The van der Waals surface area contributed by atoms with Crippen LogP contribution in [0.15, 0.2) is 78.5 Å². The highest BCUT2D eigenvalue weighted by Gasteiger charge is 2.14. The van der Waals surface area contributed by atoms with Gasteiger partial charge in [-0.05, 0) is 43.7 Å². The first-order valence-corrected chi connectivity index (χ1v) is 11.2. The number of hydrogen-bond donors (Lipinski definition) is 3. The lowest BCUT2D eigenvalue weighted by atomic mass is 10.1. The van der Waals surface area contributed by atoms with E-state index in [2.05, 4.69) is 32.2 Å². The number of fused-ring (bicyclic) bond motifs is 1. The van der Waals surface area contributed by atoms with E-state index >= 15 is 0 Å². The lowest BCUT2D eigenvalue weighted by Crippen LogP contribution is -2.00. The monoisotopic (exact) mass is 454 g/mol. The van der Waals surface area contributed by atoms with E-state index in [0.29, 0.717) is 0 Å².